The summed E-state index contributed by atoms with van der Waals surface area (Å²) in [6.45, 7) is 0. The van der Waals surface area contributed by atoms with E-state index in [-0.39, 0.29) is 51.8 Å². The van der Waals surface area contributed by atoms with Gasteiger partial charge in [-0.2, -0.15) is 16.8 Å². The van der Waals surface area contributed by atoms with Crippen LogP contribution in [0.1, 0.15) is 5.56 Å². The average Bonchev–Trinajstić information content (AvgIpc) is 2.58. The summed E-state index contributed by atoms with van der Waals surface area (Å²) in [6, 6.07) is 9.77. The number of phenols is 2. The molecule has 0 saturated carbocycles. The van der Waals surface area contributed by atoms with Crippen molar-refractivity contribution >= 4 is 72.5 Å². The first-order valence-electron chi connectivity index (χ1n) is 7.54. The van der Waals surface area contributed by atoms with E-state index in [0.29, 0.717) is 5.56 Å². The van der Waals surface area contributed by atoms with Crippen molar-refractivity contribution < 1.29 is 36.2 Å². The molecular weight excluding hydrogens is 433 g/mol. The Labute approximate surface area is 188 Å². The summed E-state index contributed by atoms with van der Waals surface area (Å²) in [5, 5.41) is 19.9. The largest absolute Gasteiger partial charge is 0.507 e. The third-order valence-corrected chi connectivity index (χ3v) is 5.49. The van der Waals surface area contributed by atoms with Crippen LogP contribution in [0, 0.1) is 0 Å². The first-order valence-corrected chi connectivity index (χ1v) is 10.4. The molecule has 0 amide bonds. The van der Waals surface area contributed by atoms with Crippen LogP contribution in [0.3, 0.4) is 0 Å². The normalized spacial score (nSPS) is 12.2. The van der Waals surface area contributed by atoms with E-state index in [4.69, 9.17) is 0 Å². The Bertz CT molecular complexity index is 1330. The predicted molar refractivity (Wildman–Crippen MR) is 106 cm³/mol. The molecule has 0 spiro atoms. The number of aromatic hydroxyl groups is 2. The van der Waals surface area contributed by atoms with Crippen LogP contribution in [0.15, 0.2) is 63.3 Å². The standard InChI is InChI=1S/C17H13NO8S2.Na/c19-15-4-2-1-3-10(15)9-18-14-7-12(27(21,22)23)5-11-6-13(28(24,25)26)8-16(20)17(11)14;/h1-9,19-20H,(H,21,22,23)(H,24,25,26);. The van der Waals surface area contributed by atoms with Crippen LogP contribution in [0.2, 0.25) is 0 Å². The summed E-state index contributed by atoms with van der Waals surface area (Å²) in [5.41, 5.74) is 0.176. The van der Waals surface area contributed by atoms with Gasteiger partial charge in [-0.25, -0.2) is 0 Å². The Kier molecular flexibility index (Phi) is 6.75. The number of aliphatic imine (C=N–C) groups is 1. The zero-order valence-corrected chi connectivity index (χ0v) is 18.5. The fourth-order valence-corrected chi connectivity index (χ4v) is 3.63. The maximum absolute atomic E-state index is 11.6. The summed E-state index contributed by atoms with van der Waals surface area (Å²) < 4.78 is 64.4. The molecular formula is C17H13NNaO8S2. The third kappa shape index (κ3) is 5.14. The summed E-state index contributed by atoms with van der Waals surface area (Å²) in [4.78, 5) is 2.79. The van der Waals surface area contributed by atoms with E-state index in [9.17, 15) is 36.2 Å². The number of fused-ring (bicyclic) bond motifs is 1. The maximum atomic E-state index is 11.6. The van der Waals surface area contributed by atoms with Crippen molar-refractivity contribution in [3.63, 3.8) is 0 Å². The van der Waals surface area contributed by atoms with E-state index in [1.165, 1.54) is 18.3 Å². The van der Waals surface area contributed by atoms with Crippen molar-refractivity contribution in [2.24, 2.45) is 4.99 Å². The van der Waals surface area contributed by atoms with Crippen LogP contribution >= 0.6 is 0 Å². The van der Waals surface area contributed by atoms with Crippen LogP contribution in [-0.4, -0.2) is 71.9 Å². The van der Waals surface area contributed by atoms with Crippen LogP contribution < -0.4 is 0 Å². The average molecular weight is 446 g/mol. The van der Waals surface area contributed by atoms with Gasteiger partial charge in [-0.15, -0.1) is 0 Å². The number of benzene rings is 3. The van der Waals surface area contributed by atoms with Crippen molar-refractivity contribution in [1.29, 1.82) is 0 Å². The van der Waals surface area contributed by atoms with Crippen molar-refractivity contribution in [2.45, 2.75) is 9.79 Å². The predicted octanol–water partition coefficient (Wildman–Crippen LogP) is 2.11. The first kappa shape index (κ1) is 23.3. The molecule has 0 aliphatic heterocycles. The van der Waals surface area contributed by atoms with Crippen molar-refractivity contribution in [1.82, 2.24) is 0 Å². The van der Waals surface area contributed by atoms with E-state index in [2.05, 4.69) is 4.99 Å². The van der Waals surface area contributed by atoms with Crippen molar-refractivity contribution in [3.8, 4) is 11.5 Å². The quantitative estimate of drug-likeness (QED) is 0.269. The molecule has 0 unspecified atom stereocenters. The number of rotatable bonds is 4. The van der Waals surface area contributed by atoms with Crippen molar-refractivity contribution in [3.05, 3.63) is 54.1 Å². The molecule has 1 radical (unpaired) electrons. The van der Waals surface area contributed by atoms with E-state index >= 15 is 0 Å². The third-order valence-electron chi connectivity index (χ3n) is 3.83. The van der Waals surface area contributed by atoms with Crippen LogP contribution in [0.4, 0.5) is 5.69 Å². The maximum Gasteiger partial charge on any atom is 0.294 e. The van der Waals surface area contributed by atoms with Crippen LogP contribution in [0.25, 0.3) is 10.8 Å². The van der Waals surface area contributed by atoms with Gasteiger partial charge < -0.3 is 10.2 Å². The molecule has 9 nitrogen and oxygen atoms in total. The molecule has 29 heavy (non-hydrogen) atoms. The second-order valence-corrected chi connectivity index (χ2v) is 8.59. The molecule has 0 aliphatic carbocycles. The van der Waals surface area contributed by atoms with Gasteiger partial charge in [0.15, 0.2) is 0 Å². The Morgan fingerprint density at radius 3 is 1.90 bits per heavy atom. The monoisotopic (exact) mass is 446 g/mol. The molecule has 147 valence electrons. The molecule has 0 atom stereocenters. The molecule has 3 aromatic carbocycles. The minimum Gasteiger partial charge on any atom is -0.507 e. The molecule has 4 N–H and O–H groups in total. The molecule has 0 heterocycles. The zero-order valence-electron chi connectivity index (χ0n) is 14.9. The van der Waals surface area contributed by atoms with Gasteiger partial charge in [0.2, 0.25) is 0 Å². The fourth-order valence-electron chi connectivity index (χ4n) is 2.55. The topological polar surface area (TPSA) is 162 Å². The summed E-state index contributed by atoms with van der Waals surface area (Å²) in [6.07, 6.45) is 1.20. The number of nitrogens with zero attached hydrogens (tertiary/aromatic N) is 1. The Balaban J connectivity index is 0.00000300. The molecule has 3 rings (SSSR count). The molecule has 0 saturated heterocycles. The van der Waals surface area contributed by atoms with E-state index in [1.807, 2.05) is 0 Å². The second-order valence-electron chi connectivity index (χ2n) is 5.75. The van der Waals surface area contributed by atoms with Gasteiger partial charge in [0, 0.05) is 52.8 Å². The fraction of sp³-hybridized carbons (Fsp3) is 0. The Morgan fingerprint density at radius 2 is 1.34 bits per heavy atom. The Morgan fingerprint density at radius 1 is 0.793 bits per heavy atom. The second kappa shape index (κ2) is 8.40. The van der Waals surface area contributed by atoms with Gasteiger partial charge >= 0.3 is 0 Å². The molecule has 3 aromatic rings. The van der Waals surface area contributed by atoms with Crippen LogP contribution in [0.5, 0.6) is 11.5 Å². The summed E-state index contributed by atoms with van der Waals surface area (Å²) >= 11 is 0. The van der Waals surface area contributed by atoms with E-state index in [1.54, 1.807) is 12.1 Å². The molecule has 0 bridgehead atoms. The van der Waals surface area contributed by atoms with Gasteiger partial charge in [-0.05, 0) is 35.7 Å². The summed E-state index contributed by atoms with van der Waals surface area (Å²) in [7, 11) is -9.37. The SMILES string of the molecule is O=S(=O)(O)c1cc(O)c2c(N=Cc3ccccc3O)cc(S(=O)(=O)O)cc2c1.[Na]. The minimum absolute atomic E-state index is 0. The minimum atomic E-state index is -4.69. The molecule has 0 aliphatic rings. The molecule has 12 heteroatoms. The van der Waals surface area contributed by atoms with Gasteiger partial charge in [0.05, 0.1) is 15.5 Å². The van der Waals surface area contributed by atoms with E-state index in [0.717, 1.165) is 24.3 Å². The van der Waals surface area contributed by atoms with Crippen LogP contribution in [-0.2, 0) is 20.2 Å². The number of phenolic OH excluding ortho intramolecular Hbond substituents is 2. The number of para-hydroxylation sites is 1. The zero-order chi connectivity index (χ0) is 20.7. The molecule has 0 aromatic heterocycles. The molecule has 0 fully saturated rings. The Hall–Kier alpha value is -1.99. The number of hydrogen-bond acceptors (Lipinski definition) is 7. The van der Waals surface area contributed by atoms with Gasteiger partial charge in [-0.1, -0.05) is 12.1 Å². The van der Waals surface area contributed by atoms with Gasteiger partial charge in [0.1, 0.15) is 11.5 Å². The van der Waals surface area contributed by atoms with Crippen molar-refractivity contribution in [2.75, 3.05) is 0 Å². The smallest absolute Gasteiger partial charge is 0.294 e. The van der Waals surface area contributed by atoms with Gasteiger partial charge in [0.25, 0.3) is 20.2 Å². The first-order chi connectivity index (χ1) is 13.0. The number of hydrogen-bond donors (Lipinski definition) is 4. The summed E-state index contributed by atoms with van der Waals surface area (Å²) in [5.74, 6) is -0.684. The van der Waals surface area contributed by atoms with Gasteiger partial charge in [-0.3, -0.25) is 14.1 Å². The van der Waals surface area contributed by atoms with E-state index < -0.39 is 35.8 Å².